The number of rotatable bonds is 6. The monoisotopic (exact) mass is 352 g/mol. The predicted molar refractivity (Wildman–Crippen MR) is 104 cm³/mol. The second-order valence-electron chi connectivity index (χ2n) is 7.09. The molecule has 0 radical (unpaired) electrons. The SMILES string of the molecule is COc1ccccc1CNC(=O)C1CCCN(Cc2ccc(C)cc2)C1. The Hall–Kier alpha value is -2.33. The number of methoxy groups -OCH3 is 1. The lowest BCUT2D eigenvalue weighted by Crippen LogP contribution is -2.42. The molecule has 1 fully saturated rings. The Bertz CT molecular complexity index is 727. The Kier molecular flexibility index (Phi) is 6.29. The first-order valence-corrected chi connectivity index (χ1v) is 9.33. The molecule has 26 heavy (non-hydrogen) atoms. The van der Waals surface area contributed by atoms with E-state index in [1.54, 1.807) is 7.11 Å². The lowest BCUT2D eigenvalue weighted by Gasteiger charge is -2.32. The van der Waals surface area contributed by atoms with Crippen molar-refractivity contribution in [1.82, 2.24) is 10.2 Å². The van der Waals surface area contributed by atoms with Crippen LogP contribution < -0.4 is 10.1 Å². The molecule has 0 aliphatic carbocycles. The molecule has 1 saturated heterocycles. The van der Waals surface area contributed by atoms with Crippen LogP contribution in [0.5, 0.6) is 5.75 Å². The topological polar surface area (TPSA) is 41.6 Å². The first-order valence-electron chi connectivity index (χ1n) is 9.33. The Morgan fingerprint density at radius 1 is 1.19 bits per heavy atom. The van der Waals surface area contributed by atoms with Gasteiger partial charge in [0.1, 0.15) is 5.75 Å². The molecule has 0 spiro atoms. The number of amides is 1. The number of ether oxygens (including phenoxy) is 1. The average molecular weight is 352 g/mol. The number of hydrogen-bond acceptors (Lipinski definition) is 3. The van der Waals surface area contributed by atoms with Crippen molar-refractivity contribution < 1.29 is 9.53 Å². The van der Waals surface area contributed by atoms with Gasteiger partial charge in [0.05, 0.1) is 13.0 Å². The van der Waals surface area contributed by atoms with Gasteiger partial charge in [0.2, 0.25) is 5.91 Å². The van der Waals surface area contributed by atoms with Crippen molar-refractivity contribution in [2.75, 3.05) is 20.2 Å². The molecule has 4 nitrogen and oxygen atoms in total. The van der Waals surface area contributed by atoms with Gasteiger partial charge in [-0.1, -0.05) is 48.0 Å². The average Bonchev–Trinajstić information content (AvgIpc) is 2.68. The van der Waals surface area contributed by atoms with E-state index < -0.39 is 0 Å². The molecule has 1 heterocycles. The highest BCUT2D eigenvalue weighted by Gasteiger charge is 2.25. The van der Waals surface area contributed by atoms with E-state index in [9.17, 15) is 4.79 Å². The Morgan fingerprint density at radius 2 is 1.96 bits per heavy atom. The Morgan fingerprint density at radius 3 is 2.73 bits per heavy atom. The highest BCUT2D eigenvalue weighted by Crippen LogP contribution is 2.20. The third-order valence-electron chi connectivity index (χ3n) is 5.05. The van der Waals surface area contributed by atoms with E-state index >= 15 is 0 Å². The fourth-order valence-corrected chi connectivity index (χ4v) is 3.54. The molecule has 0 saturated carbocycles. The van der Waals surface area contributed by atoms with Crippen LogP contribution in [0.4, 0.5) is 0 Å². The molecule has 0 aromatic heterocycles. The van der Waals surface area contributed by atoms with Gasteiger partial charge in [-0.2, -0.15) is 0 Å². The van der Waals surface area contributed by atoms with Crippen LogP contribution in [-0.4, -0.2) is 31.0 Å². The molecule has 2 aromatic rings. The number of carbonyl (C=O) groups is 1. The zero-order chi connectivity index (χ0) is 18.4. The molecule has 4 heteroatoms. The third-order valence-corrected chi connectivity index (χ3v) is 5.05. The van der Waals surface area contributed by atoms with Gasteiger partial charge >= 0.3 is 0 Å². The van der Waals surface area contributed by atoms with Crippen molar-refractivity contribution in [2.24, 2.45) is 5.92 Å². The Balaban J connectivity index is 1.53. The fraction of sp³-hybridized carbons (Fsp3) is 0.409. The van der Waals surface area contributed by atoms with E-state index in [0.29, 0.717) is 6.54 Å². The van der Waals surface area contributed by atoms with Gasteiger partial charge in [-0.05, 0) is 37.9 Å². The minimum Gasteiger partial charge on any atom is -0.496 e. The molecule has 1 aliphatic heterocycles. The number of piperidine rings is 1. The number of aryl methyl sites for hydroxylation is 1. The molecule has 1 N–H and O–H groups in total. The summed E-state index contributed by atoms with van der Waals surface area (Å²) < 4.78 is 5.36. The van der Waals surface area contributed by atoms with E-state index in [-0.39, 0.29) is 11.8 Å². The molecule has 138 valence electrons. The van der Waals surface area contributed by atoms with Crippen molar-refractivity contribution in [3.8, 4) is 5.75 Å². The number of para-hydroxylation sites is 1. The zero-order valence-electron chi connectivity index (χ0n) is 15.7. The number of hydrogen-bond donors (Lipinski definition) is 1. The maximum atomic E-state index is 12.6. The van der Waals surface area contributed by atoms with Crippen LogP contribution in [0.1, 0.15) is 29.5 Å². The van der Waals surface area contributed by atoms with E-state index in [0.717, 1.165) is 43.8 Å². The second kappa shape index (κ2) is 8.86. The van der Waals surface area contributed by atoms with E-state index in [1.807, 2.05) is 24.3 Å². The fourth-order valence-electron chi connectivity index (χ4n) is 3.54. The normalized spacial score (nSPS) is 17.7. The summed E-state index contributed by atoms with van der Waals surface area (Å²) in [5, 5.41) is 3.09. The summed E-state index contributed by atoms with van der Waals surface area (Å²) >= 11 is 0. The molecule has 3 rings (SSSR count). The summed E-state index contributed by atoms with van der Waals surface area (Å²) in [6.45, 7) is 5.41. The number of benzene rings is 2. The third kappa shape index (κ3) is 4.85. The minimum atomic E-state index is 0.0592. The molecule has 1 atom stereocenters. The maximum absolute atomic E-state index is 12.6. The van der Waals surface area contributed by atoms with Gasteiger partial charge in [-0.3, -0.25) is 9.69 Å². The lowest BCUT2D eigenvalue weighted by molar-refractivity contribution is -0.126. The molecule has 2 aromatic carbocycles. The van der Waals surface area contributed by atoms with Gasteiger partial charge in [0.15, 0.2) is 0 Å². The van der Waals surface area contributed by atoms with Crippen LogP contribution in [0, 0.1) is 12.8 Å². The van der Waals surface area contributed by atoms with E-state index in [2.05, 4.69) is 41.4 Å². The summed E-state index contributed by atoms with van der Waals surface area (Å²) in [7, 11) is 1.66. The summed E-state index contributed by atoms with van der Waals surface area (Å²) in [4.78, 5) is 15.0. The number of nitrogens with one attached hydrogen (secondary N) is 1. The van der Waals surface area contributed by atoms with Crippen molar-refractivity contribution in [3.05, 3.63) is 65.2 Å². The van der Waals surface area contributed by atoms with E-state index in [1.165, 1.54) is 11.1 Å². The van der Waals surface area contributed by atoms with Crippen molar-refractivity contribution in [2.45, 2.75) is 32.9 Å². The highest BCUT2D eigenvalue weighted by molar-refractivity contribution is 5.79. The molecule has 1 amide bonds. The molecule has 1 aliphatic rings. The van der Waals surface area contributed by atoms with E-state index in [4.69, 9.17) is 4.74 Å². The maximum Gasteiger partial charge on any atom is 0.224 e. The highest BCUT2D eigenvalue weighted by atomic mass is 16.5. The number of nitrogens with zero attached hydrogens (tertiary/aromatic N) is 1. The largest absolute Gasteiger partial charge is 0.496 e. The zero-order valence-corrected chi connectivity index (χ0v) is 15.7. The van der Waals surface area contributed by atoms with Crippen LogP contribution in [0.15, 0.2) is 48.5 Å². The molecular weight excluding hydrogens is 324 g/mol. The van der Waals surface area contributed by atoms with Gasteiger partial charge < -0.3 is 10.1 Å². The smallest absolute Gasteiger partial charge is 0.224 e. The first kappa shape index (κ1) is 18.5. The predicted octanol–water partition coefficient (Wildman–Crippen LogP) is 3.53. The van der Waals surface area contributed by atoms with Crippen LogP contribution in [-0.2, 0) is 17.9 Å². The van der Waals surface area contributed by atoms with Crippen LogP contribution >= 0.6 is 0 Å². The van der Waals surface area contributed by atoms with Gasteiger partial charge in [-0.15, -0.1) is 0 Å². The number of likely N-dealkylation sites (tertiary alicyclic amines) is 1. The first-order chi connectivity index (χ1) is 12.7. The summed E-state index contributed by atoms with van der Waals surface area (Å²) in [5.41, 5.74) is 3.60. The van der Waals surface area contributed by atoms with Crippen LogP contribution in [0.2, 0.25) is 0 Å². The van der Waals surface area contributed by atoms with Crippen molar-refractivity contribution in [1.29, 1.82) is 0 Å². The van der Waals surface area contributed by atoms with Crippen molar-refractivity contribution >= 4 is 5.91 Å². The number of carbonyl (C=O) groups excluding carboxylic acids is 1. The minimum absolute atomic E-state index is 0.0592. The molecule has 0 bridgehead atoms. The summed E-state index contributed by atoms with van der Waals surface area (Å²) in [6, 6.07) is 16.5. The summed E-state index contributed by atoms with van der Waals surface area (Å²) in [6.07, 6.45) is 2.03. The molecular formula is C22H28N2O2. The van der Waals surface area contributed by atoms with Gasteiger partial charge in [0.25, 0.3) is 0 Å². The van der Waals surface area contributed by atoms with Gasteiger partial charge in [0, 0.05) is 25.2 Å². The van der Waals surface area contributed by atoms with Crippen LogP contribution in [0.3, 0.4) is 0 Å². The Labute approximate surface area is 156 Å². The summed E-state index contributed by atoms with van der Waals surface area (Å²) in [5.74, 6) is 1.02. The van der Waals surface area contributed by atoms with Crippen molar-refractivity contribution in [3.63, 3.8) is 0 Å². The standard InChI is InChI=1S/C22H28N2O2/c1-17-9-11-18(12-10-17)15-24-13-5-7-20(16-24)22(25)23-14-19-6-3-4-8-21(19)26-2/h3-4,6,8-12,20H,5,7,13-16H2,1-2H3,(H,23,25). The second-order valence-corrected chi connectivity index (χ2v) is 7.09. The lowest BCUT2D eigenvalue weighted by atomic mass is 9.96. The quantitative estimate of drug-likeness (QED) is 0.865. The molecule has 1 unspecified atom stereocenters. The van der Waals surface area contributed by atoms with Crippen LogP contribution in [0.25, 0.3) is 0 Å². The van der Waals surface area contributed by atoms with Gasteiger partial charge in [-0.25, -0.2) is 0 Å².